The fourth-order valence-corrected chi connectivity index (χ4v) is 1.66. The first-order valence-corrected chi connectivity index (χ1v) is 6.91. The molecule has 1 N–H and O–H groups in total. The van der Waals surface area contributed by atoms with Crippen LogP contribution in [0.4, 0.5) is 0 Å². The molecule has 0 spiro atoms. The highest BCUT2D eigenvalue weighted by Gasteiger charge is 2.21. The van der Waals surface area contributed by atoms with Crippen LogP contribution in [-0.2, 0) is 23.2 Å². The van der Waals surface area contributed by atoms with E-state index in [1.54, 1.807) is 11.8 Å². The van der Waals surface area contributed by atoms with Crippen LogP contribution in [0, 0.1) is 0 Å². The predicted molar refractivity (Wildman–Crippen MR) is 75.7 cm³/mol. The first kappa shape index (κ1) is 15.6. The zero-order chi connectivity index (χ0) is 15.3. The molecular formula is C13H22N6O2. The molecule has 0 aliphatic heterocycles. The van der Waals surface area contributed by atoms with Crippen molar-refractivity contribution < 1.29 is 9.26 Å². The Balaban J connectivity index is 1.89. The van der Waals surface area contributed by atoms with Gasteiger partial charge in [0.2, 0.25) is 5.89 Å². The van der Waals surface area contributed by atoms with E-state index in [4.69, 9.17) is 9.26 Å². The van der Waals surface area contributed by atoms with Gasteiger partial charge in [-0.3, -0.25) is 0 Å². The monoisotopic (exact) mass is 294 g/mol. The lowest BCUT2D eigenvalue weighted by Crippen LogP contribution is -2.18. The number of rotatable bonds is 7. The molecule has 21 heavy (non-hydrogen) atoms. The summed E-state index contributed by atoms with van der Waals surface area (Å²) in [5.74, 6) is 1.22. The van der Waals surface area contributed by atoms with Gasteiger partial charge in [-0.1, -0.05) is 31.1 Å². The van der Waals surface area contributed by atoms with Crippen LogP contribution >= 0.6 is 0 Å². The minimum Gasteiger partial charge on any atom is -0.383 e. The van der Waals surface area contributed by atoms with Gasteiger partial charge in [0.15, 0.2) is 5.82 Å². The fourth-order valence-electron chi connectivity index (χ4n) is 1.66. The Hall–Kier alpha value is -1.80. The summed E-state index contributed by atoms with van der Waals surface area (Å²) in [7, 11) is 1.68. The number of aromatic nitrogens is 5. The molecule has 0 saturated carbocycles. The standard InChI is InChI=1S/C13H22N6O2/c1-13(2,3)12-15-11(17-21-12)9-19-8-10(16-18-19)7-14-5-6-20-4/h8,14H,5-7,9H2,1-4H3. The lowest BCUT2D eigenvalue weighted by molar-refractivity contribution is 0.199. The summed E-state index contributed by atoms with van der Waals surface area (Å²) in [5, 5.41) is 15.3. The lowest BCUT2D eigenvalue weighted by Gasteiger charge is -2.10. The summed E-state index contributed by atoms with van der Waals surface area (Å²) in [4.78, 5) is 4.37. The van der Waals surface area contributed by atoms with Crippen LogP contribution in [0.5, 0.6) is 0 Å². The molecule has 0 unspecified atom stereocenters. The third-order valence-corrected chi connectivity index (χ3v) is 2.79. The Morgan fingerprint density at radius 3 is 2.86 bits per heavy atom. The quantitative estimate of drug-likeness (QED) is 0.753. The van der Waals surface area contributed by atoms with Gasteiger partial charge in [0, 0.05) is 25.6 Å². The van der Waals surface area contributed by atoms with Crippen molar-refractivity contribution in [1.82, 2.24) is 30.5 Å². The largest absolute Gasteiger partial charge is 0.383 e. The van der Waals surface area contributed by atoms with Gasteiger partial charge in [0.05, 0.1) is 18.5 Å². The second kappa shape index (κ2) is 6.77. The molecule has 2 aromatic heterocycles. The first-order valence-electron chi connectivity index (χ1n) is 6.91. The molecule has 2 aromatic rings. The molecule has 0 aliphatic rings. The van der Waals surface area contributed by atoms with Crippen LogP contribution < -0.4 is 5.32 Å². The maximum absolute atomic E-state index is 5.25. The molecule has 0 saturated heterocycles. The van der Waals surface area contributed by atoms with Crippen LogP contribution in [0.2, 0.25) is 0 Å². The van der Waals surface area contributed by atoms with Crippen LogP contribution in [0.1, 0.15) is 38.2 Å². The van der Waals surface area contributed by atoms with E-state index in [0.29, 0.717) is 31.4 Å². The molecule has 0 radical (unpaired) electrons. The fraction of sp³-hybridized carbons (Fsp3) is 0.692. The average Bonchev–Trinajstić information content (AvgIpc) is 3.04. The summed E-state index contributed by atoms with van der Waals surface area (Å²) in [6, 6.07) is 0. The molecule has 8 heteroatoms. The molecule has 116 valence electrons. The van der Waals surface area contributed by atoms with Crippen molar-refractivity contribution in [3.63, 3.8) is 0 Å². The van der Waals surface area contributed by atoms with E-state index < -0.39 is 0 Å². The topological polar surface area (TPSA) is 90.9 Å². The highest BCUT2D eigenvalue weighted by atomic mass is 16.5. The SMILES string of the molecule is COCCNCc1cn(Cc2noc(C(C)(C)C)n2)nn1. The van der Waals surface area contributed by atoms with Gasteiger partial charge in [0.1, 0.15) is 6.54 Å². The zero-order valence-corrected chi connectivity index (χ0v) is 13.0. The summed E-state index contributed by atoms with van der Waals surface area (Å²) in [6.45, 7) is 8.65. The van der Waals surface area contributed by atoms with Crippen LogP contribution in [-0.4, -0.2) is 45.4 Å². The van der Waals surface area contributed by atoms with E-state index >= 15 is 0 Å². The molecule has 2 heterocycles. The minimum atomic E-state index is -0.149. The Morgan fingerprint density at radius 2 is 2.19 bits per heavy atom. The second-order valence-electron chi connectivity index (χ2n) is 5.84. The Labute approximate surface area is 123 Å². The van der Waals surface area contributed by atoms with Crippen molar-refractivity contribution in [3.8, 4) is 0 Å². The summed E-state index contributed by atoms with van der Waals surface area (Å²) >= 11 is 0. The van der Waals surface area contributed by atoms with E-state index in [1.165, 1.54) is 0 Å². The van der Waals surface area contributed by atoms with Crippen molar-refractivity contribution >= 4 is 0 Å². The molecule has 0 amide bonds. The van der Waals surface area contributed by atoms with Crippen LogP contribution in [0.25, 0.3) is 0 Å². The number of nitrogens with one attached hydrogen (secondary N) is 1. The predicted octanol–water partition coefficient (Wildman–Crippen LogP) is 0.743. The summed E-state index contributed by atoms with van der Waals surface area (Å²) in [5.41, 5.74) is 0.718. The van der Waals surface area contributed by atoms with Gasteiger partial charge in [0.25, 0.3) is 0 Å². The summed E-state index contributed by atoms with van der Waals surface area (Å²) < 4.78 is 11.9. The van der Waals surface area contributed by atoms with Crippen molar-refractivity contribution in [1.29, 1.82) is 0 Å². The highest BCUT2D eigenvalue weighted by Crippen LogP contribution is 2.19. The lowest BCUT2D eigenvalue weighted by atomic mass is 9.97. The van der Waals surface area contributed by atoms with E-state index in [-0.39, 0.29) is 5.41 Å². The van der Waals surface area contributed by atoms with Gasteiger partial charge in [-0.2, -0.15) is 4.98 Å². The van der Waals surface area contributed by atoms with Gasteiger partial charge in [-0.15, -0.1) is 5.10 Å². The molecule has 8 nitrogen and oxygen atoms in total. The second-order valence-corrected chi connectivity index (χ2v) is 5.84. The van der Waals surface area contributed by atoms with Gasteiger partial charge < -0.3 is 14.6 Å². The maximum Gasteiger partial charge on any atom is 0.232 e. The van der Waals surface area contributed by atoms with Crippen molar-refractivity contribution in [2.45, 2.75) is 39.3 Å². The van der Waals surface area contributed by atoms with E-state index in [9.17, 15) is 0 Å². The number of nitrogens with zero attached hydrogens (tertiary/aromatic N) is 5. The van der Waals surface area contributed by atoms with Gasteiger partial charge in [-0.05, 0) is 0 Å². The normalized spacial score (nSPS) is 12.0. The zero-order valence-electron chi connectivity index (χ0n) is 13.0. The average molecular weight is 294 g/mol. The Kier molecular flexibility index (Phi) is 5.03. The van der Waals surface area contributed by atoms with Gasteiger partial charge >= 0.3 is 0 Å². The number of methoxy groups -OCH3 is 1. The maximum atomic E-state index is 5.25. The molecular weight excluding hydrogens is 272 g/mol. The van der Waals surface area contributed by atoms with Crippen molar-refractivity contribution in [2.75, 3.05) is 20.3 Å². The summed E-state index contributed by atoms with van der Waals surface area (Å²) in [6.07, 6.45) is 1.87. The van der Waals surface area contributed by atoms with E-state index in [1.807, 2.05) is 27.0 Å². The van der Waals surface area contributed by atoms with Crippen molar-refractivity contribution in [3.05, 3.63) is 23.6 Å². The highest BCUT2D eigenvalue weighted by molar-refractivity contribution is 4.99. The number of ether oxygens (including phenoxy) is 1. The molecule has 0 atom stereocenters. The number of hydrogen-bond donors (Lipinski definition) is 1. The van der Waals surface area contributed by atoms with E-state index in [0.717, 1.165) is 12.2 Å². The molecule has 2 rings (SSSR count). The molecule has 0 fully saturated rings. The van der Waals surface area contributed by atoms with Crippen molar-refractivity contribution in [2.24, 2.45) is 0 Å². The van der Waals surface area contributed by atoms with Crippen LogP contribution in [0.15, 0.2) is 10.7 Å². The molecule has 0 aliphatic carbocycles. The molecule has 0 aromatic carbocycles. The Morgan fingerprint density at radius 1 is 1.38 bits per heavy atom. The smallest absolute Gasteiger partial charge is 0.232 e. The third kappa shape index (κ3) is 4.61. The minimum absolute atomic E-state index is 0.149. The van der Waals surface area contributed by atoms with Crippen LogP contribution in [0.3, 0.4) is 0 Å². The van der Waals surface area contributed by atoms with E-state index in [2.05, 4.69) is 25.8 Å². The Bertz CT molecular complexity index is 557. The first-order chi connectivity index (χ1) is 9.99. The third-order valence-electron chi connectivity index (χ3n) is 2.79. The molecule has 0 bridgehead atoms. The van der Waals surface area contributed by atoms with Gasteiger partial charge in [-0.25, -0.2) is 4.68 Å². The number of hydrogen-bond acceptors (Lipinski definition) is 7.